The van der Waals surface area contributed by atoms with Crippen molar-refractivity contribution in [2.75, 3.05) is 10.3 Å². The van der Waals surface area contributed by atoms with Gasteiger partial charge in [0, 0.05) is 17.5 Å². The minimum atomic E-state index is -0.716. The maximum absolute atomic E-state index is 12.8. The number of carbonyl (C=O) groups excluding carboxylic acids is 2. The van der Waals surface area contributed by atoms with Crippen LogP contribution in [-0.4, -0.2) is 33.3 Å². The van der Waals surface area contributed by atoms with Crippen LogP contribution in [0.3, 0.4) is 0 Å². The number of amides is 2. The molecule has 0 bridgehead atoms. The van der Waals surface area contributed by atoms with E-state index >= 15 is 0 Å². The van der Waals surface area contributed by atoms with Gasteiger partial charge in [-0.2, -0.15) is 10.2 Å². The number of nitrogens with zero attached hydrogens (tertiary/aromatic N) is 4. The van der Waals surface area contributed by atoms with Crippen molar-refractivity contribution >= 4 is 40.6 Å². The van der Waals surface area contributed by atoms with E-state index in [1.165, 1.54) is 5.01 Å². The van der Waals surface area contributed by atoms with Crippen LogP contribution in [0.5, 0.6) is 0 Å². The maximum Gasteiger partial charge on any atom is 0.273 e. The molecule has 3 N–H and O–H groups in total. The number of para-hydroxylation sites is 1. The van der Waals surface area contributed by atoms with Crippen LogP contribution in [0.1, 0.15) is 12.0 Å². The van der Waals surface area contributed by atoms with E-state index in [0.29, 0.717) is 23.1 Å². The molecule has 30 heavy (non-hydrogen) atoms. The smallest absolute Gasteiger partial charge is 0.273 e. The van der Waals surface area contributed by atoms with E-state index in [9.17, 15) is 9.59 Å². The van der Waals surface area contributed by atoms with Crippen molar-refractivity contribution in [1.29, 1.82) is 0 Å². The number of rotatable bonds is 6. The summed E-state index contributed by atoms with van der Waals surface area (Å²) >= 11 is 5.93. The fourth-order valence-electron chi connectivity index (χ4n) is 3.20. The number of hydrogen-bond donors (Lipinski definition) is 2. The minimum absolute atomic E-state index is 0.126. The highest BCUT2D eigenvalue weighted by atomic mass is 35.5. The van der Waals surface area contributed by atoms with Crippen molar-refractivity contribution < 1.29 is 9.59 Å². The Balaban J connectivity index is 1.51. The van der Waals surface area contributed by atoms with Crippen LogP contribution in [-0.2, 0) is 16.1 Å². The zero-order valence-corrected chi connectivity index (χ0v) is 16.7. The largest absolute Gasteiger partial charge is 0.368 e. The topological polar surface area (TPSA) is 106 Å². The zero-order chi connectivity index (χ0) is 21.1. The predicted molar refractivity (Wildman–Crippen MR) is 115 cm³/mol. The van der Waals surface area contributed by atoms with Crippen LogP contribution in [0.15, 0.2) is 72.0 Å². The molecule has 0 saturated heterocycles. The van der Waals surface area contributed by atoms with Crippen LogP contribution in [0, 0.1) is 0 Å². The first-order chi connectivity index (χ1) is 14.5. The Hall–Kier alpha value is -3.65. The van der Waals surface area contributed by atoms with Gasteiger partial charge in [0.1, 0.15) is 17.6 Å². The quantitative estimate of drug-likeness (QED) is 0.636. The lowest BCUT2D eigenvalue weighted by molar-refractivity contribution is -0.119. The average molecular weight is 423 g/mol. The Labute approximate surface area is 177 Å². The molecule has 0 saturated carbocycles. The molecule has 9 heteroatoms. The Kier molecular flexibility index (Phi) is 5.49. The van der Waals surface area contributed by atoms with Crippen LogP contribution in [0.2, 0.25) is 5.02 Å². The summed E-state index contributed by atoms with van der Waals surface area (Å²) in [5.74, 6) is -0.429. The number of halogens is 1. The van der Waals surface area contributed by atoms with Crippen LogP contribution in [0.4, 0.5) is 11.5 Å². The van der Waals surface area contributed by atoms with Crippen molar-refractivity contribution in [3.8, 4) is 0 Å². The van der Waals surface area contributed by atoms with Gasteiger partial charge < -0.3 is 11.1 Å². The Morgan fingerprint density at radius 3 is 2.53 bits per heavy atom. The monoisotopic (exact) mass is 422 g/mol. The first kappa shape index (κ1) is 19.7. The summed E-state index contributed by atoms with van der Waals surface area (Å²) in [4.78, 5) is 24.7. The summed E-state index contributed by atoms with van der Waals surface area (Å²) in [5, 5.41) is 13.6. The molecule has 0 radical (unpaired) electrons. The molecular formula is C21H19ClN6O2. The van der Waals surface area contributed by atoms with Gasteiger partial charge >= 0.3 is 0 Å². The molecule has 1 aliphatic rings. The van der Waals surface area contributed by atoms with E-state index in [0.717, 1.165) is 5.56 Å². The summed E-state index contributed by atoms with van der Waals surface area (Å²) in [6, 6.07) is 17.5. The SMILES string of the molecule is NC(=O)C1CC(C(=O)Nc2ccnn2Cc2ccc(Cl)cc2)=NN1c1ccccc1. The molecule has 1 unspecified atom stereocenters. The molecule has 8 nitrogen and oxygen atoms in total. The van der Waals surface area contributed by atoms with Crippen LogP contribution in [0.25, 0.3) is 0 Å². The van der Waals surface area contributed by atoms with Gasteiger partial charge in [-0.3, -0.25) is 14.6 Å². The van der Waals surface area contributed by atoms with E-state index in [4.69, 9.17) is 17.3 Å². The normalized spacial score (nSPS) is 15.7. The molecule has 4 rings (SSSR count). The number of aromatic nitrogens is 2. The molecular weight excluding hydrogens is 404 g/mol. The molecule has 2 heterocycles. The number of hydrazone groups is 1. The summed E-state index contributed by atoms with van der Waals surface area (Å²) in [6.07, 6.45) is 1.73. The molecule has 1 atom stereocenters. The molecule has 2 aromatic carbocycles. The van der Waals surface area contributed by atoms with Gasteiger partial charge in [0.15, 0.2) is 0 Å². The first-order valence-electron chi connectivity index (χ1n) is 9.30. The van der Waals surface area contributed by atoms with Gasteiger partial charge in [0.25, 0.3) is 5.91 Å². The van der Waals surface area contributed by atoms with Crippen molar-refractivity contribution in [3.05, 3.63) is 77.4 Å². The second kappa shape index (κ2) is 8.38. The third kappa shape index (κ3) is 4.18. The van der Waals surface area contributed by atoms with Gasteiger partial charge in [-0.25, -0.2) is 4.68 Å². The fourth-order valence-corrected chi connectivity index (χ4v) is 3.33. The highest BCUT2D eigenvalue weighted by Gasteiger charge is 2.35. The van der Waals surface area contributed by atoms with Crippen LogP contribution >= 0.6 is 11.6 Å². The number of nitrogens with one attached hydrogen (secondary N) is 1. The standard InChI is InChI=1S/C21H19ClN6O2/c22-15-8-6-14(7-9-15)13-27-19(10-11-24-27)25-21(30)17-12-18(20(23)29)28(26-17)16-4-2-1-3-5-16/h1-11,18H,12-13H2,(H2,23,29)(H,25,30). The molecule has 1 aromatic heterocycles. The van der Waals surface area contributed by atoms with Crippen LogP contribution < -0.4 is 16.1 Å². The summed E-state index contributed by atoms with van der Waals surface area (Å²) < 4.78 is 1.66. The van der Waals surface area contributed by atoms with E-state index in [1.54, 1.807) is 29.1 Å². The molecule has 0 spiro atoms. The summed E-state index contributed by atoms with van der Waals surface area (Å²) in [5.41, 5.74) is 7.44. The third-order valence-corrected chi connectivity index (χ3v) is 4.98. The van der Waals surface area contributed by atoms with Crippen molar-refractivity contribution in [2.45, 2.75) is 19.0 Å². The number of carbonyl (C=O) groups is 2. The Bertz CT molecular complexity index is 1090. The second-order valence-corrected chi connectivity index (χ2v) is 7.24. The van der Waals surface area contributed by atoms with Gasteiger partial charge in [0.05, 0.1) is 18.4 Å². The van der Waals surface area contributed by atoms with Crippen molar-refractivity contribution in [3.63, 3.8) is 0 Å². The molecule has 0 aliphatic carbocycles. The van der Waals surface area contributed by atoms with Gasteiger partial charge in [-0.05, 0) is 29.8 Å². The summed E-state index contributed by atoms with van der Waals surface area (Å²) in [7, 11) is 0. The molecule has 1 aliphatic heterocycles. The van der Waals surface area contributed by atoms with E-state index in [2.05, 4.69) is 15.5 Å². The number of nitrogens with two attached hydrogens (primary N) is 1. The highest BCUT2D eigenvalue weighted by molar-refractivity contribution is 6.44. The zero-order valence-electron chi connectivity index (χ0n) is 15.9. The number of anilines is 2. The van der Waals surface area contributed by atoms with E-state index < -0.39 is 17.9 Å². The third-order valence-electron chi connectivity index (χ3n) is 4.73. The van der Waals surface area contributed by atoms with Crippen molar-refractivity contribution in [1.82, 2.24) is 9.78 Å². The highest BCUT2D eigenvalue weighted by Crippen LogP contribution is 2.25. The van der Waals surface area contributed by atoms with Gasteiger partial charge in [0.2, 0.25) is 5.91 Å². The molecule has 3 aromatic rings. The first-order valence-corrected chi connectivity index (χ1v) is 9.68. The predicted octanol–water partition coefficient (Wildman–Crippen LogP) is 2.64. The molecule has 2 amide bonds. The number of primary amides is 1. The Morgan fingerprint density at radius 2 is 1.83 bits per heavy atom. The summed E-state index contributed by atoms with van der Waals surface area (Å²) in [6.45, 7) is 0.465. The Morgan fingerprint density at radius 1 is 1.10 bits per heavy atom. The lowest BCUT2D eigenvalue weighted by Crippen LogP contribution is -2.39. The van der Waals surface area contributed by atoms with E-state index in [1.807, 2.05) is 42.5 Å². The number of benzene rings is 2. The van der Waals surface area contributed by atoms with Gasteiger partial charge in [-0.1, -0.05) is 41.9 Å². The second-order valence-electron chi connectivity index (χ2n) is 6.80. The lowest BCUT2D eigenvalue weighted by atomic mass is 10.1. The molecule has 152 valence electrons. The maximum atomic E-state index is 12.8. The van der Waals surface area contributed by atoms with Crippen molar-refractivity contribution in [2.24, 2.45) is 10.8 Å². The number of hydrogen-bond acceptors (Lipinski definition) is 5. The van der Waals surface area contributed by atoms with Gasteiger partial charge in [-0.15, -0.1) is 0 Å². The average Bonchev–Trinajstić information content (AvgIpc) is 3.38. The molecule has 0 fully saturated rings. The minimum Gasteiger partial charge on any atom is -0.368 e. The van der Waals surface area contributed by atoms with E-state index in [-0.39, 0.29) is 12.1 Å². The lowest BCUT2D eigenvalue weighted by Gasteiger charge is -2.20. The fraction of sp³-hybridized carbons (Fsp3) is 0.143.